The van der Waals surface area contributed by atoms with Crippen LogP contribution in [0.3, 0.4) is 0 Å². The Morgan fingerprint density at radius 2 is 1.10 bits per heavy atom. The van der Waals surface area contributed by atoms with Gasteiger partial charge in [-0.1, -0.05) is 27.7 Å². The minimum atomic E-state index is 0.750. The van der Waals surface area contributed by atoms with E-state index in [-0.39, 0.29) is 0 Å². The van der Waals surface area contributed by atoms with Gasteiger partial charge >= 0.3 is 0 Å². The maximum absolute atomic E-state index is 4.85. The van der Waals surface area contributed by atoms with Crippen molar-refractivity contribution in [1.82, 2.24) is 4.90 Å². The van der Waals surface area contributed by atoms with E-state index in [1.807, 2.05) is 6.92 Å². The van der Waals surface area contributed by atoms with Gasteiger partial charge in [-0.05, 0) is 26.2 Å². The van der Waals surface area contributed by atoms with Gasteiger partial charge in [0.15, 0.2) is 0 Å². The van der Waals surface area contributed by atoms with Crippen LogP contribution in [0, 0.1) is 0 Å². The highest BCUT2D eigenvalue weighted by atomic mass is 15.1. The van der Waals surface area contributed by atoms with Crippen molar-refractivity contribution < 1.29 is 0 Å². The Balaban J connectivity index is 0. The van der Waals surface area contributed by atoms with Gasteiger partial charge in [0.2, 0.25) is 0 Å². The lowest BCUT2D eigenvalue weighted by Crippen LogP contribution is -2.21. The molecule has 2 N–H and O–H groups in total. The molecule has 10 heavy (non-hydrogen) atoms. The maximum atomic E-state index is 4.85. The molecule has 0 amide bonds. The molecule has 0 unspecified atom stereocenters. The fourth-order valence-electron chi connectivity index (χ4n) is 0.671. The van der Waals surface area contributed by atoms with Gasteiger partial charge in [0.05, 0.1) is 0 Å². The average Bonchev–Trinajstić information content (AvgIpc) is 1.93. The molecular formula is C8H22N2. The first-order valence-corrected chi connectivity index (χ1v) is 4.19. The predicted octanol–water partition coefficient (Wildman–Crippen LogP) is 1.31. The van der Waals surface area contributed by atoms with E-state index in [1.165, 1.54) is 19.6 Å². The number of hydrogen-bond donors (Lipinski definition) is 1. The fraction of sp³-hybridized carbons (Fsp3) is 1.00. The summed E-state index contributed by atoms with van der Waals surface area (Å²) in [5, 5.41) is 0. The molecule has 0 aromatic heterocycles. The lowest BCUT2D eigenvalue weighted by molar-refractivity contribution is 0.321. The zero-order chi connectivity index (χ0) is 8.41. The number of nitrogens with two attached hydrogens (primary N) is 1. The molecule has 0 aromatic carbocycles. The van der Waals surface area contributed by atoms with Crippen LogP contribution in [0.5, 0.6) is 0 Å². The van der Waals surface area contributed by atoms with Gasteiger partial charge in [-0.15, -0.1) is 0 Å². The summed E-state index contributed by atoms with van der Waals surface area (Å²) < 4.78 is 0. The van der Waals surface area contributed by atoms with Gasteiger partial charge < -0.3 is 10.6 Å². The van der Waals surface area contributed by atoms with E-state index in [9.17, 15) is 0 Å². The highest BCUT2D eigenvalue weighted by Gasteiger charge is 1.89. The Morgan fingerprint density at radius 3 is 1.10 bits per heavy atom. The van der Waals surface area contributed by atoms with Crippen LogP contribution < -0.4 is 5.73 Å². The molecule has 0 bridgehead atoms. The first-order chi connectivity index (χ1) is 4.76. The Morgan fingerprint density at radius 1 is 0.900 bits per heavy atom. The van der Waals surface area contributed by atoms with Crippen molar-refractivity contribution in [3.63, 3.8) is 0 Å². The van der Waals surface area contributed by atoms with E-state index >= 15 is 0 Å². The molecular weight excluding hydrogens is 124 g/mol. The summed E-state index contributed by atoms with van der Waals surface area (Å²) in [5.41, 5.74) is 4.85. The number of nitrogens with zero attached hydrogens (tertiary/aromatic N) is 1. The van der Waals surface area contributed by atoms with Gasteiger partial charge in [0.25, 0.3) is 0 Å². The third kappa shape index (κ3) is 10.8. The largest absolute Gasteiger partial charge is 0.331 e. The average molecular weight is 146 g/mol. The van der Waals surface area contributed by atoms with Gasteiger partial charge in [0.1, 0.15) is 0 Å². The van der Waals surface area contributed by atoms with E-state index < -0.39 is 0 Å². The van der Waals surface area contributed by atoms with Crippen molar-refractivity contribution in [3.05, 3.63) is 0 Å². The van der Waals surface area contributed by atoms with Crippen molar-refractivity contribution >= 4 is 0 Å². The van der Waals surface area contributed by atoms with E-state index in [2.05, 4.69) is 25.7 Å². The molecule has 0 aromatic rings. The van der Waals surface area contributed by atoms with E-state index in [4.69, 9.17) is 5.73 Å². The highest BCUT2D eigenvalue weighted by molar-refractivity contribution is 4.43. The van der Waals surface area contributed by atoms with Crippen molar-refractivity contribution in [1.29, 1.82) is 0 Å². The Hall–Kier alpha value is -0.0800. The summed E-state index contributed by atoms with van der Waals surface area (Å²) in [6.45, 7) is 12.8. The van der Waals surface area contributed by atoms with E-state index in [1.54, 1.807) is 0 Å². The molecule has 2 heteroatoms. The summed E-state index contributed by atoms with van der Waals surface area (Å²) in [7, 11) is 0. The Labute approximate surface area is 65.4 Å². The summed E-state index contributed by atoms with van der Waals surface area (Å²) in [4.78, 5) is 2.38. The minimum Gasteiger partial charge on any atom is -0.331 e. The van der Waals surface area contributed by atoms with Crippen molar-refractivity contribution in [2.24, 2.45) is 5.73 Å². The van der Waals surface area contributed by atoms with Crippen LogP contribution >= 0.6 is 0 Å². The molecule has 0 saturated heterocycles. The lowest BCUT2D eigenvalue weighted by Gasteiger charge is -2.13. The van der Waals surface area contributed by atoms with Crippen molar-refractivity contribution in [2.45, 2.75) is 27.7 Å². The van der Waals surface area contributed by atoms with Crippen LogP contribution in [0.25, 0.3) is 0 Å². The quantitative estimate of drug-likeness (QED) is 0.650. The van der Waals surface area contributed by atoms with Gasteiger partial charge in [-0.3, -0.25) is 0 Å². The first-order valence-electron chi connectivity index (χ1n) is 4.19. The second kappa shape index (κ2) is 11.7. The summed E-state index contributed by atoms with van der Waals surface area (Å²) in [6, 6.07) is 0. The number of rotatable bonds is 3. The SMILES string of the molecule is CCN.CCN(CC)CC. The smallest absolute Gasteiger partial charge is 0.00474 e. The van der Waals surface area contributed by atoms with Gasteiger partial charge in [-0.2, -0.15) is 0 Å². The standard InChI is InChI=1S/C6H15N.C2H7N/c1-4-7(5-2)6-3;1-2-3/h4-6H2,1-3H3;2-3H2,1H3. The molecule has 2 nitrogen and oxygen atoms in total. The summed E-state index contributed by atoms with van der Waals surface area (Å²) in [6.07, 6.45) is 0. The zero-order valence-electron chi connectivity index (χ0n) is 7.85. The summed E-state index contributed by atoms with van der Waals surface area (Å²) >= 11 is 0. The van der Waals surface area contributed by atoms with Crippen molar-refractivity contribution in [3.8, 4) is 0 Å². The molecule has 0 atom stereocenters. The van der Waals surface area contributed by atoms with Gasteiger partial charge in [-0.25, -0.2) is 0 Å². The van der Waals surface area contributed by atoms with Crippen LogP contribution in [0.1, 0.15) is 27.7 Å². The normalized spacial score (nSPS) is 9.00. The monoisotopic (exact) mass is 146 g/mol. The molecule has 0 rings (SSSR count). The third-order valence-electron chi connectivity index (χ3n) is 1.34. The minimum absolute atomic E-state index is 0.750. The Kier molecular flexibility index (Phi) is 14.7. The summed E-state index contributed by atoms with van der Waals surface area (Å²) in [5.74, 6) is 0. The molecule has 0 aliphatic carbocycles. The second-order valence-electron chi connectivity index (χ2n) is 2.03. The van der Waals surface area contributed by atoms with Crippen molar-refractivity contribution in [2.75, 3.05) is 26.2 Å². The maximum Gasteiger partial charge on any atom is -0.00474 e. The molecule has 0 aliphatic rings. The van der Waals surface area contributed by atoms with Gasteiger partial charge in [0, 0.05) is 0 Å². The third-order valence-corrected chi connectivity index (χ3v) is 1.34. The van der Waals surface area contributed by atoms with Crippen LogP contribution in [-0.2, 0) is 0 Å². The molecule has 0 heterocycles. The molecule has 0 spiro atoms. The zero-order valence-corrected chi connectivity index (χ0v) is 7.85. The molecule has 0 fully saturated rings. The molecule has 0 aliphatic heterocycles. The van der Waals surface area contributed by atoms with E-state index in [0.29, 0.717) is 0 Å². The predicted molar refractivity (Wildman–Crippen MR) is 48.2 cm³/mol. The fourth-order valence-corrected chi connectivity index (χ4v) is 0.671. The number of hydrogen-bond acceptors (Lipinski definition) is 2. The molecule has 64 valence electrons. The Bertz CT molecular complexity index is 37.0. The van der Waals surface area contributed by atoms with Crippen LogP contribution in [-0.4, -0.2) is 31.1 Å². The lowest BCUT2D eigenvalue weighted by atomic mass is 10.5. The van der Waals surface area contributed by atoms with Crippen LogP contribution in [0.2, 0.25) is 0 Å². The van der Waals surface area contributed by atoms with Crippen LogP contribution in [0.4, 0.5) is 0 Å². The van der Waals surface area contributed by atoms with Crippen LogP contribution in [0.15, 0.2) is 0 Å². The topological polar surface area (TPSA) is 29.3 Å². The highest BCUT2D eigenvalue weighted by Crippen LogP contribution is 1.81. The first kappa shape index (κ1) is 12.6. The van der Waals surface area contributed by atoms with E-state index in [0.717, 1.165) is 6.54 Å². The molecule has 0 radical (unpaired) electrons. The second-order valence-corrected chi connectivity index (χ2v) is 2.03. The molecule has 0 saturated carbocycles.